The Morgan fingerprint density at radius 1 is 1.47 bits per heavy atom. The molecule has 1 saturated heterocycles. The lowest BCUT2D eigenvalue weighted by atomic mass is 10.1. The van der Waals surface area contributed by atoms with E-state index in [0.29, 0.717) is 25.2 Å². The second-order valence-electron chi connectivity index (χ2n) is 4.66. The van der Waals surface area contributed by atoms with Crippen LogP contribution < -0.4 is 5.73 Å². The van der Waals surface area contributed by atoms with Gasteiger partial charge in [0.2, 0.25) is 10.0 Å². The van der Waals surface area contributed by atoms with Gasteiger partial charge in [-0.05, 0) is 49.6 Å². The highest BCUT2D eigenvalue weighted by atomic mass is 35.5. The predicted octanol–water partition coefficient (Wildman–Crippen LogP) is 1.53. The van der Waals surface area contributed by atoms with Crippen LogP contribution in [0.4, 0.5) is 4.39 Å². The Morgan fingerprint density at radius 2 is 2.16 bits per heavy atom. The van der Waals surface area contributed by atoms with E-state index < -0.39 is 15.8 Å². The Kier molecular flexibility index (Phi) is 5.32. The summed E-state index contributed by atoms with van der Waals surface area (Å²) in [6.07, 6.45) is 0.788. The number of sulfonamides is 1. The van der Waals surface area contributed by atoms with Crippen molar-refractivity contribution in [1.82, 2.24) is 4.31 Å². The maximum Gasteiger partial charge on any atom is 0.243 e. The van der Waals surface area contributed by atoms with Crippen LogP contribution in [0.3, 0.4) is 0 Å². The van der Waals surface area contributed by atoms with E-state index in [1.165, 1.54) is 22.5 Å². The van der Waals surface area contributed by atoms with Gasteiger partial charge in [0.05, 0.1) is 4.90 Å². The smallest absolute Gasteiger partial charge is 0.243 e. The molecule has 2 N–H and O–H groups in total. The SMILES string of the molecule is Cc1cc(S(=O)(=O)N2CCC(CN)C2)ccc1F.Cl. The molecule has 19 heavy (non-hydrogen) atoms. The highest BCUT2D eigenvalue weighted by molar-refractivity contribution is 7.89. The van der Waals surface area contributed by atoms with Crippen LogP contribution in [0.2, 0.25) is 0 Å². The standard InChI is InChI=1S/C12H17FN2O2S.ClH/c1-9-6-11(2-3-12(9)13)18(16,17)15-5-4-10(7-14)8-15;/h2-3,6,10H,4-5,7-8,14H2,1H3;1H. The maximum atomic E-state index is 13.2. The van der Waals surface area contributed by atoms with Gasteiger partial charge in [-0.1, -0.05) is 0 Å². The minimum absolute atomic E-state index is 0. The molecule has 0 aliphatic carbocycles. The predicted molar refractivity (Wildman–Crippen MR) is 74.3 cm³/mol. The maximum absolute atomic E-state index is 13.2. The summed E-state index contributed by atoms with van der Waals surface area (Å²) in [5.74, 6) is -0.170. The number of hydrogen-bond donors (Lipinski definition) is 1. The molecule has 1 fully saturated rings. The summed E-state index contributed by atoms with van der Waals surface area (Å²) < 4.78 is 39.2. The summed E-state index contributed by atoms with van der Waals surface area (Å²) in [6.45, 7) is 2.99. The van der Waals surface area contributed by atoms with Gasteiger partial charge in [0.1, 0.15) is 5.82 Å². The average Bonchev–Trinajstić information content (AvgIpc) is 2.81. The van der Waals surface area contributed by atoms with Crippen molar-refractivity contribution in [3.05, 3.63) is 29.6 Å². The van der Waals surface area contributed by atoms with E-state index in [4.69, 9.17) is 5.73 Å². The summed E-state index contributed by atoms with van der Waals surface area (Å²) in [5.41, 5.74) is 5.89. The van der Waals surface area contributed by atoms with Crippen LogP contribution in [0.5, 0.6) is 0 Å². The van der Waals surface area contributed by atoms with Crippen molar-refractivity contribution in [1.29, 1.82) is 0 Å². The lowest BCUT2D eigenvalue weighted by molar-refractivity contribution is 0.459. The molecule has 4 nitrogen and oxygen atoms in total. The first kappa shape index (κ1) is 16.4. The molecule has 0 radical (unpaired) electrons. The monoisotopic (exact) mass is 308 g/mol. The number of benzene rings is 1. The molecular formula is C12H18ClFN2O2S. The van der Waals surface area contributed by atoms with Crippen LogP contribution in [0.25, 0.3) is 0 Å². The van der Waals surface area contributed by atoms with Crippen LogP contribution in [0, 0.1) is 18.7 Å². The number of nitrogens with two attached hydrogens (primary N) is 1. The molecule has 1 atom stereocenters. The lowest BCUT2D eigenvalue weighted by Crippen LogP contribution is -2.30. The van der Waals surface area contributed by atoms with E-state index in [-0.39, 0.29) is 23.2 Å². The van der Waals surface area contributed by atoms with Gasteiger partial charge in [0.15, 0.2) is 0 Å². The van der Waals surface area contributed by atoms with E-state index in [1.807, 2.05) is 0 Å². The van der Waals surface area contributed by atoms with Gasteiger partial charge in [-0.2, -0.15) is 4.31 Å². The molecule has 1 aromatic carbocycles. The third-order valence-corrected chi connectivity index (χ3v) is 5.21. The zero-order valence-electron chi connectivity index (χ0n) is 10.7. The van der Waals surface area contributed by atoms with Crippen molar-refractivity contribution in [3.63, 3.8) is 0 Å². The van der Waals surface area contributed by atoms with Crippen molar-refractivity contribution >= 4 is 22.4 Å². The minimum Gasteiger partial charge on any atom is -0.330 e. The first-order chi connectivity index (χ1) is 8.45. The van der Waals surface area contributed by atoms with Crippen molar-refractivity contribution in [2.75, 3.05) is 19.6 Å². The lowest BCUT2D eigenvalue weighted by Gasteiger charge is -2.16. The van der Waals surface area contributed by atoms with Gasteiger partial charge in [-0.25, -0.2) is 12.8 Å². The minimum atomic E-state index is -3.51. The fourth-order valence-electron chi connectivity index (χ4n) is 2.13. The van der Waals surface area contributed by atoms with E-state index in [0.717, 1.165) is 6.42 Å². The molecular weight excluding hydrogens is 291 g/mol. The van der Waals surface area contributed by atoms with Gasteiger partial charge in [-0.3, -0.25) is 0 Å². The Balaban J connectivity index is 0.00000180. The van der Waals surface area contributed by atoms with Crippen molar-refractivity contribution in [2.45, 2.75) is 18.2 Å². The van der Waals surface area contributed by atoms with Gasteiger partial charge in [-0.15, -0.1) is 12.4 Å². The van der Waals surface area contributed by atoms with E-state index in [2.05, 4.69) is 0 Å². The summed E-state index contributed by atoms with van der Waals surface area (Å²) >= 11 is 0. The molecule has 0 bridgehead atoms. The van der Waals surface area contributed by atoms with E-state index >= 15 is 0 Å². The molecule has 0 amide bonds. The first-order valence-corrected chi connectivity index (χ1v) is 7.35. The Labute approximate surface area is 119 Å². The molecule has 0 saturated carbocycles. The van der Waals surface area contributed by atoms with Crippen LogP contribution in [-0.4, -0.2) is 32.4 Å². The van der Waals surface area contributed by atoms with Crippen LogP contribution in [0.1, 0.15) is 12.0 Å². The molecule has 1 aromatic rings. The molecule has 2 rings (SSSR count). The fourth-order valence-corrected chi connectivity index (χ4v) is 3.75. The average molecular weight is 309 g/mol. The van der Waals surface area contributed by atoms with Crippen LogP contribution in [-0.2, 0) is 10.0 Å². The quantitative estimate of drug-likeness (QED) is 0.921. The van der Waals surface area contributed by atoms with Crippen molar-refractivity contribution in [2.24, 2.45) is 11.7 Å². The molecule has 0 aromatic heterocycles. The van der Waals surface area contributed by atoms with Crippen molar-refractivity contribution in [3.8, 4) is 0 Å². The second kappa shape index (κ2) is 6.17. The van der Waals surface area contributed by atoms with Crippen LogP contribution in [0.15, 0.2) is 23.1 Å². The second-order valence-corrected chi connectivity index (χ2v) is 6.60. The Hall–Kier alpha value is -0.690. The van der Waals surface area contributed by atoms with Crippen molar-refractivity contribution < 1.29 is 12.8 Å². The Bertz CT molecular complexity index is 551. The summed E-state index contributed by atoms with van der Waals surface area (Å²) in [4.78, 5) is 0.152. The summed E-state index contributed by atoms with van der Waals surface area (Å²) in [7, 11) is -3.51. The summed E-state index contributed by atoms with van der Waals surface area (Å²) in [6, 6.07) is 3.88. The zero-order valence-corrected chi connectivity index (χ0v) is 12.3. The molecule has 1 aliphatic rings. The zero-order chi connectivity index (χ0) is 13.3. The third kappa shape index (κ3) is 3.25. The topological polar surface area (TPSA) is 63.4 Å². The highest BCUT2D eigenvalue weighted by Gasteiger charge is 2.31. The van der Waals surface area contributed by atoms with E-state index in [9.17, 15) is 12.8 Å². The number of nitrogens with zero attached hydrogens (tertiary/aromatic N) is 1. The molecule has 1 unspecified atom stereocenters. The molecule has 0 spiro atoms. The number of halogens is 2. The van der Waals surface area contributed by atoms with Gasteiger partial charge >= 0.3 is 0 Å². The van der Waals surface area contributed by atoms with Crippen LogP contribution >= 0.6 is 12.4 Å². The normalized spacial score (nSPS) is 20.3. The fraction of sp³-hybridized carbons (Fsp3) is 0.500. The summed E-state index contributed by atoms with van der Waals surface area (Å²) in [5, 5.41) is 0. The number of aryl methyl sites for hydroxylation is 1. The highest BCUT2D eigenvalue weighted by Crippen LogP contribution is 2.24. The van der Waals surface area contributed by atoms with E-state index in [1.54, 1.807) is 6.92 Å². The third-order valence-electron chi connectivity index (χ3n) is 3.35. The largest absolute Gasteiger partial charge is 0.330 e. The number of hydrogen-bond acceptors (Lipinski definition) is 3. The van der Waals surface area contributed by atoms with Gasteiger partial charge in [0, 0.05) is 13.1 Å². The van der Waals surface area contributed by atoms with Gasteiger partial charge in [0.25, 0.3) is 0 Å². The first-order valence-electron chi connectivity index (χ1n) is 5.91. The van der Waals surface area contributed by atoms with Gasteiger partial charge < -0.3 is 5.73 Å². The Morgan fingerprint density at radius 3 is 2.68 bits per heavy atom. The molecule has 1 aliphatic heterocycles. The number of rotatable bonds is 3. The molecule has 1 heterocycles. The molecule has 108 valence electrons. The molecule has 7 heteroatoms.